The number of carbonyl (C=O) groups excluding carboxylic acids is 1. The summed E-state index contributed by atoms with van der Waals surface area (Å²) in [6, 6.07) is 8.78. The Kier molecular flexibility index (Phi) is 7.67. The highest BCUT2D eigenvalue weighted by Crippen LogP contribution is 2.06. The number of aliphatic carboxylic acids is 1. The second-order valence-electron chi connectivity index (χ2n) is 4.89. The monoisotopic (exact) mass is 287 g/mol. The molecule has 0 aliphatic heterocycles. The van der Waals surface area contributed by atoms with Crippen molar-refractivity contribution < 1.29 is 14.7 Å². The Hall–Kier alpha value is -2.28. The lowest BCUT2D eigenvalue weighted by Gasteiger charge is -2.14. The number of carboxylic acid groups (broad SMARTS) is 1. The number of hydrogen-bond donors (Lipinski definition) is 2. The van der Waals surface area contributed by atoms with E-state index in [0.717, 1.165) is 12.0 Å². The van der Waals surface area contributed by atoms with Gasteiger partial charge in [-0.2, -0.15) is 0 Å². The minimum atomic E-state index is -0.997. The van der Waals surface area contributed by atoms with Crippen molar-refractivity contribution in [3.63, 3.8) is 0 Å². The van der Waals surface area contributed by atoms with Crippen LogP contribution in [0.1, 0.15) is 37.7 Å². The first-order chi connectivity index (χ1) is 10.1. The molecule has 21 heavy (non-hydrogen) atoms. The van der Waals surface area contributed by atoms with Crippen molar-refractivity contribution in [1.29, 1.82) is 0 Å². The third-order valence-electron chi connectivity index (χ3n) is 3.17. The van der Waals surface area contributed by atoms with Crippen LogP contribution in [0.2, 0.25) is 0 Å². The van der Waals surface area contributed by atoms with Crippen molar-refractivity contribution >= 4 is 11.9 Å². The summed E-state index contributed by atoms with van der Waals surface area (Å²) in [5.74, 6) is 1.29. The molecule has 2 N–H and O–H groups in total. The van der Waals surface area contributed by atoms with Gasteiger partial charge in [0.05, 0.1) is 0 Å². The Morgan fingerprint density at radius 3 is 2.57 bits per heavy atom. The fourth-order valence-corrected chi connectivity index (χ4v) is 1.99. The molecule has 1 rings (SSSR count). The SMILES string of the molecule is C#CCCCCC(=O)N[C@@H](CCc1ccccc1)C(=O)O. The molecule has 1 atom stereocenters. The van der Waals surface area contributed by atoms with Crippen LogP contribution in [0.4, 0.5) is 0 Å². The first-order valence-corrected chi connectivity index (χ1v) is 7.13. The van der Waals surface area contributed by atoms with E-state index in [9.17, 15) is 9.59 Å². The second kappa shape index (κ2) is 9.60. The van der Waals surface area contributed by atoms with E-state index in [2.05, 4.69) is 11.2 Å². The molecular formula is C17H21NO3. The summed E-state index contributed by atoms with van der Waals surface area (Å²) >= 11 is 0. The first-order valence-electron chi connectivity index (χ1n) is 7.13. The zero-order valence-corrected chi connectivity index (χ0v) is 12.0. The minimum absolute atomic E-state index is 0.229. The molecule has 1 aromatic carbocycles. The summed E-state index contributed by atoms with van der Waals surface area (Å²) in [6.45, 7) is 0. The standard InChI is InChI=1S/C17H21NO3/c1-2-3-4-8-11-16(19)18-15(17(20)21)13-12-14-9-6-5-7-10-14/h1,5-7,9-10,15H,3-4,8,11-13H2,(H,18,19)(H,20,21)/t15-/m0/s1. The van der Waals surface area contributed by atoms with Gasteiger partial charge in [0.2, 0.25) is 5.91 Å². The van der Waals surface area contributed by atoms with Gasteiger partial charge >= 0.3 is 5.97 Å². The molecule has 0 aliphatic carbocycles. The van der Waals surface area contributed by atoms with Gasteiger partial charge in [-0.25, -0.2) is 4.79 Å². The number of benzene rings is 1. The van der Waals surface area contributed by atoms with E-state index >= 15 is 0 Å². The number of terminal acetylenes is 1. The molecule has 0 fully saturated rings. The van der Waals surface area contributed by atoms with Crippen LogP contribution in [-0.2, 0) is 16.0 Å². The summed E-state index contributed by atoms with van der Waals surface area (Å²) in [5, 5.41) is 11.7. The molecular weight excluding hydrogens is 266 g/mol. The molecule has 4 heteroatoms. The van der Waals surface area contributed by atoms with E-state index in [1.807, 2.05) is 30.3 Å². The Bertz CT molecular complexity index is 491. The summed E-state index contributed by atoms with van der Waals surface area (Å²) in [7, 11) is 0. The number of unbranched alkanes of at least 4 members (excludes halogenated alkanes) is 2. The van der Waals surface area contributed by atoms with Gasteiger partial charge in [0.1, 0.15) is 6.04 Å². The Labute approximate surface area is 125 Å². The second-order valence-corrected chi connectivity index (χ2v) is 4.89. The van der Waals surface area contributed by atoms with Gasteiger partial charge in [-0.05, 0) is 31.2 Å². The number of rotatable bonds is 9. The van der Waals surface area contributed by atoms with Crippen LogP contribution in [0.25, 0.3) is 0 Å². The number of amides is 1. The molecule has 1 amide bonds. The van der Waals surface area contributed by atoms with E-state index in [4.69, 9.17) is 11.5 Å². The highest BCUT2D eigenvalue weighted by Gasteiger charge is 2.19. The summed E-state index contributed by atoms with van der Waals surface area (Å²) < 4.78 is 0. The molecule has 0 heterocycles. The average Bonchev–Trinajstić information content (AvgIpc) is 2.48. The van der Waals surface area contributed by atoms with Crippen molar-refractivity contribution in [2.45, 2.75) is 44.6 Å². The van der Waals surface area contributed by atoms with Gasteiger partial charge in [-0.1, -0.05) is 30.3 Å². The summed E-state index contributed by atoms with van der Waals surface area (Å²) in [4.78, 5) is 22.9. The number of aryl methyl sites for hydroxylation is 1. The number of nitrogens with one attached hydrogen (secondary N) is 1. The third kappa shape index (κ3) is 7.17. The van der Waals surface area contributed by atoms with Gasteiger partial charge in [0.25, 0.3) is 0 Å². The number of hydrogen-bond acceptors (Lipinski definition) is 2. The van der Waals surface area contributed by atoms with Gasteiger partial charge < -0.3 is 10.4 Å². The lowest BCUT2D eigenvalue weighted by atomic mass is 10.0. The molecule has 0 aliphatic rings. The summed E-state index contributed by atoms with van der Waals surface area (Å²) in [5.41, 5.74) is 1.06. The van der Waals surface area contributed by atoms with Crippen LogP contribution in [0.3, 0.4) is 0 Å². The number of carbonyl (C=O) groups is 2. The molecule has 0 saturated carbocycles. The Balaban J connectivity index is 2.38. The maximum atomic E-state index is 11.7. The molecule has 0 bridgehead atoms. The van der Waals surface area contributed by atoms with Crippen LogP contribution in [0.15, 0.2) is 30.3 Å². The van der Waals surface area contributed by atoms with Crippen molar-refractivity contribution in [3.8, 4) is 12.3 Å². The van der Waals surface area contributed by atoms with Crippen LogP contribution >= 0.6 is 0 Å². The van der Waals surface area contributed by atoms with Crippen molar-refractivity contribution in [1.82, 2.24) is 5.32 Å². The highest BCUT2D eigenvalue weighted by atomic mass is 16.4. The maximum absolute atomic E-state index is 11.7. The third-order valence-corrected chi connectivity index (χ3v) is 3.17. The molecule has 4 nitrogen and oxygen atoms in total. The lowest BCUT2D eigenvalue weighted by molar-refractivity contribution is -0.142. The molecule has 0 spiro atoms. The van der Waals surface area contributed by atoms with Gasteiger partial charge in [-0.15, -0.1) is 12.3 Å². The molecule has 0 unspecified atom stereocenters. The van der Waals surface area contributed by atoms with Gasteiger partial charge in [0.15, 0.2) is 0 Å². The molecule has 0 aromatic heterocycles. The van der Waals surface area contributed by atoms with Crippen LogP contribution < -0.4 is 5.32 Å². The molecule has 1 aromatic rings. The first kappa shape index (κ1) is 16.8. The van der Waals surface area contributed by atoms with Gasteiger partial charge in [-0.3, -0.25) is 4.79 Å². The Morgan fingerprint density at radius 2 is 1.95 bits per heavy atom. The smallest absolute Gasteiger partial charge is 0.326 e. The van der Waals surface area contributed by atoms with E-state index in [1.54, 1.807) is 0 Å². The predicted molar refractivity (Wildman–Crippen MR) is 81.6 cm³/mol. The average molecular weight is 287 g/mol. The quantitative estimate of drug-likeness (QED) is 0.541. The van der Waals surface area contributed by atoms with Crippen LogP contribution in [-0.4, -0.2) is 23.0 Å². The summed E-state index contributed by atoms with van der Waals surface area (Å²) in [6.07, 6.45) is 8.56. The fraction of sp³-hybridized carbons (Fsp3) is 0.412. The van der Waals surface area contributed by atoms with Gasteiger partial charge in [0, 0.05) is 12.8 Å². The minimum Gasteiger partial charge on any atom is -0.480 e. The number of carboxylic acids is 1. The molecule has 112 valence electrons. The zero-order chi connectivity index (χ0) is 15.5. The highest BCUT2D eigenvalue weighted by molar-refractivity contribution is 5.83. The van der Waals surface area contributed by atoms with E-state index in [-0.39, 0.29) is 5.91 Å². The van der Waals surface area contributed by atoms with Crippen molar-refractivity contribution in [2.24, 2.45) is 0 Å². The van der Waals surface area contributed by atoms with E-state index in [1.165, 1.54) is 0 Å². The predicted octanol–water partition coefficient (Wildman–Crippen LogP) is 2.38. The van der Waals surface area contributed by atoms with E-state index in [0.29, 0.717) is 32.1 Å². The fourth-order valence-electron chi connectivity index (χ4n) is 1.99. The maximum Gasteiger partial charge on any atom is 0.326 e. The van der Waals surface area contributed by atoms with Crippen LogP contribution in [0.5, 0.6) is 0 Å². The Morgan fingerprint density at radius 1 is 1.24 bits per heavy atom. The van der Waals surface area contributed by atoms with Crippen molar-refractivity contribution in [2.75, 3.05) is 0 Å². The topological polar surface area (TPSA) is 66.4 Å². The lowest BCUT2D eigenvalue weighted by Crippen LogP contribution is -2.41. The van der Waals surface area contributed by atoms with Crippen LogP contribution in [0, 0.1) is 12.3 Å². The zero-order valence-electron chi connectivity index (χ0n) is 12.0. The van der Waals surface area contributed by atoms with E-state index < -0.39 is 12.0 Å². The normalized spacial score (nSPS) is 11.4. The van der Waals surface area contributed by atoms with Crippen molar-refractivity contribution in [3.05, 3.63) is 35.9 Å². The molecule has 0 saturated heterocycles. The largest absolute Gasteiger partial charge is 0.480 e. The molecule has 0 radical (unpaired) electrons.